The lowest BCUT2D eigenvalue weighted by Crippen LogP contribution is -2.44. The molecule has 1 aliphatic rings. The standard InChI is InChI=1S/C23H31N3O5S/c1-6-31-23(28)20-16(4)24-17(5)21(20)32(29,30)26-11-7-8-18(13-26)22(27)25-19-10-9-14(2)12-15(19)3/h9-10,12,18,24H,6-8,11,13H2,1-5H3,(H,25,27). The number of aromatic amines is 1. The zero-order chi connectivity index (χ0) is 23.6. The van der Waals surface area contributed by atoms with E-state index < -0.39 is 21.9 Å². The van der Waals surface area contributed by atoms with Crippen LogP contribution < -0.4 is 5.32 Å². The van der Waals surface area contributed by atoms with Crippen LogP contribution in [0.3, 0.4) is 0 Å². The van der Waals surface area contributed by atoms with Crippen LogP contribution in [0.4, 0.5) is 5.69 Å². The normalized spacial score (nSPS) is 17.2. The lowest BCUT2D eigenvalue weighted by atomic mass is 9.98. The molecular formula is C23H31N3O5S. The number of hydrogen-bond acceptors (Lipinski definition) is 5. The largest absolute Gasteiger partial charge is 0.462 e. The van der Waals surface area contributed by atoms with Gasteiger partial charge in [0.25, 0.3) is 0 Å². The minimum atomic E-state index is -4.00. The molecule has 0 aliphatic carbocycles. The average Bonchev–Trinajstić information content (AvgIpc) is 3.04. The Labute approximate surface area is 189 Å². The molecule has 1 unspecified atom stereocenters. The molecule has 1 fully saturated rings. The van der Waals surface area contributed by atoms with Gasteiger partial charge in [0.1, 0.15) is 10.5 Å². The highest BCUT2D eigenvalue weighted by Gasteiger charge is 2.38. The third-order valence-corrected chi connectivity index (χ3v) is 7.83. The first-order valence-corrected chi connectivity index (χ1v) is 12.2. The Kier molecular flexibility index (Phi) is 7.09. The van der Waals surface area contributed by atoms with E-state index in [4.69, 9.17) is 4.74 Å². The van der Waals surface area contributed by atoms with Gasteiger partial charge >= 0.3 is 5.97 Å². The SMILES string of the molecule is CCOC(=O)c1c(C)[nH]c(C)c1S(=O)(=O)N1CCCC(C(=O)Nc2ccc(C)cc2C)C1. The van der Waals surface area contributed by atoms with Crippen LogP contribution in [0.5, 0.6) is 0 Å². The van der Waals surface area contributed by atoms with Crippen molar-refractivity contribution >= 4 is 27.6 Å². The number of carbonyl (C=O) groups excluding carboxylic acids is 2. The molecule has 0 radical (unpaired) electrons. The van der Waals surface area contributed by atoms with E-state index in [1.54, 1.807) is 20.8 Å². The van der Waals surface area contributed by atoms with E-state index in [1.165, 1.54) is 4.31 Å². The van der Waals surface area contributed by atoms with E-state index in [2.05, 4.69) is 10.3 Å². The number of H-pyrrole nitrogens is 1. The number of aromatic nitrogens is 1. The summed E-state index contributed by atoms with van der Waals surface area (Å²) in [6.07, 6.45) is 1.15. The Morgan fingerprint density at radius 1 is 1.19 bits per heavy atom. The van der Waals surface area contributed by atoms with E-state index in [0.717, 1.165) is 16.8 Å². The first-order chi connectivity index (χ1) is 15.1. The van der Waals surface area contributed by atoms with Crippen molar-refractivity contribution in [3.05, 3.63) is 46.3 Å². The molecule has 1 amide bonds. The number of hydrogen-bond donors (Lipinski definition) is 2. The van der Waals surface area contributed by atoms with Crippen LogP contribution in [-0.2, 0) is 19.6 Å². The Hall–Kier alpha value is -2.65. The van der Waals surface area contributed by atoms with Gasteiger partial charge in [-0.15, -0.1) is 0 Å². The van der Waals surface area contributed by atoms with Crippen molar-refractivity contribution in [2.75, 3.05) is 25.0 Å². The third kappa shape index (κ3) is 4.73. The second-order valence-electron chi connectivity index (χ2n) is 8.31. The summed E-state index contributed by atoms with van der Waals surface area (Å²) < 4.78 is 33.5. The molecule has 1 aromatic heterocycles. The number of rotatable bonds is 6. The molecule has 174 valence electrons. The number of esters is 1. The van der Waals surface area contributed by atoms with Gasteiger partial charge in [-0.1, -0.05) is 17.7 Å². The van der Waals surface area contributed by atoms with E-state index in [9.17, 15) is 18.0 Å². The maximum absolute atomic E-state index is 13.5. The van der Waals surface area contributed by atoms with E-state index >= 15 is 0 Å². The van der Waals surface area contributed by atoms with Gasteiger partial charge in [0.05, 0.1) is 12.5 Å². The van der Waals surface area contributed by atoms with Gasteiger partial charge in [-0.05, 0) is 59.1 Å². The van der Waals surface area contributed by atoms with Crippen LogP contribution in [-0.4, -0.2) is 49.3 Å². The fourth-order valence-electron chi connectivity index (χ4n) is 4.22. The predicted octanol–water partition coefficient (Wildman–Crippen LogP) is 3.46. The summed E-state index contributed by atoms with van der Waals surface area (Å²) in [6, 6.07) is 5.77. The van der Waals surface area contributed by atoms with Crippen molar-refractivity contribution in [1.82, 2.24) is 9.29 Å². The van der Waals surface area contributed by atoms with Crippen LogP contribution in [0.1, 0.15) is 52.6 Å². The first kappa shape index (κ1) is 24.0. The highest BCUT2D eigenvalue weighted by molar-refractivity contribution is 7.89. The van der Waals surface area contributed by atoms with Gasteiger partial charge in [0.15, 0.2) is 0 Å². The monoisotopic (exact) mass is 461 g/mol. The Bertz CT molecular complexity index is 1140. The Morgan fingerprint density at radius 2 is 1.91 bits per heavy atom. The van der Waals surface area contributed by atoms with Crippen LogP contribution in [0.2, 0.25) is 0 Å². The van der Waals surface area contributed by atoms with Crippen LogP contribution in [0, 0.1) is 33.6 Å². The van der Waals surface area contributed by atoms with Gasteiger partial charge in [-0.3, -0.25) is 4.79 Å². The van der Waals surface area contributed by atoms with Crippen molar-refractivity contribution in [3.63, 3.8) is 0 Å². The number of sulfonamides is 1. The van der Waals surface area contributed by atoms with Crippen molar-refractivity contribution in [2.45, 2.75) is 52.4 Å². The molecule has 2 heterocycles. The van der Waals surface area contributed by atoms with E-state index in [0.29, 0.717) is 30.8 Å². The highest BCUT2D eigenvalue weighted by atomic mass is 32.2. The van der Waals surface area contributed by atoms with E-state index in [1.807, 2.05) is 32.0 Å². The minimum Gasteiger partial charge on any atom is -0.462 e. The Balaban J connectivity index is 1.84. The molecule has 2 aromatic rings. The predicted molar refractivity (Wildman–Crippen MR) is 122 cm³/mol. The number of benzene rings is 1. The average molecular weight is 462 g/mol. The number of aryl methyl sites for hydroxylation is 4. The van der Waals surface area contributed by atoms with Crippen molar-refractivity contribution in [1.29, 1.82) is 0 Å². The zero-order valence-electron chi connectivity index (χ0n) is 19.2. The zero-order valence-corrected chi connectivity index (χ0v) is 20.1. The summed E-state index contributed by atoms with van der Waals surface area (Å²) in [5, 5.41) is 2.94. The second kappa shape index (κ2) is 9.46. The highest BCUT2D eigenvalue weighted by Crippen LogP contribution is 2.31. The Morgan fingerprint density at radius 3 is 2.56 bits per heavy atom. The molecule has 3 rings (SSSR count). The maximum Gasteiger partial charge on any atom is 0.341 e. The molecule has 1 aromatic carbocycles. The van der Waals surface area contributed by atoms with Crippen molar-refractivity contribution in [3.8, 4) is 0 Å². The molecule has 0 bridgehead atoms. The molecule has 32 heavy (non-hydrogen) atoms. The molecular weight excluding hydrogens is 430 g/mol. The van der Waals surface area contributed by atoms with Crippen molar-refractivity contribution < 1.29 is 22.7 Å². The van der Waals surface area contributed by atoms with Gasteiger partial charge in [-0.25, -0.2) is 13.2 Å². The van der Waals surface area contributed by atoms with Crippen LogP contribution in [0.25, 0.3) is 0 Å². The van der Waals surface area contributed by atoms with Gasteiger partial charge < -0.3 is 15.0 Å². The van der Waals surface area contributed by atoms with Gasteiger partial charge in [-0.2, -0.15) is 4.31 Å². The molecule has 0 spiro atoms. The van der Waals surface area contributed by atoms with Crippen molar-refractivity contribution in [2.24, 2.45) is 5.92 Å². The molecule has 0 saturated carbocycles. The molecule has 2 N–H and O–H groups in total. The fraction of sp³-hybridized carbons (Fsp3) is 0.478. The molecule has 9 heteroatoms. The third-order valence-electron chi connectivity index (χ3n) is 5.79. The molecule has 1 saturated heterocycles. The summed E-state index contributed by atoms with van der Waals surface area (Å²) in [5.41, 5.74) is 3.64. The number of carbonyl (C=O) groups is 2. The summed E-state index contributed by atoms with van der Waals surface area (Å²) >= 11 is 0. The quantitative estimate of drug-likeness (QED) is 0.641. The number of nitrogens with zero attached hydrogens (tertiary/aromatic N) is 1. The summed E-state index contributed by atoms with van der Waals surface area (Å²) in [6.45, 7) is 9.35. The van der Waals surface area contributed by atoms with Crippen LogP contribution >= 0.6 is 0 Å². The number of nitrogens with one attached hydrogen (secondary N) is 2. The topological polar surface area (TPSA) is 109 Å². The molecule has 1 atom stereocenters. The number of ether oxygens (including phenoxy) is 1. The molecule has 8 nitrogen and oxygen atoms in total. The fourth-order valence-corrected chi connectivity index (χ4v) is 6.16. The smallest absolute Gasteiger partial charge is 0.341 e. The number of amides is 1. The van der Waals surface area contributed by atoms with Gasteiger partial charge in [0.2, 0.25) is 15.9 Å². The lowest BCUT2D eigenvalue weighted by Gasteiger charge is -2.31. The van der Waals surface area contributed by atoms with Gasteiger partial charge in [0, 0.05) is 30.2 Å². The first-order valence-electron chi connectivity index (χ1n) is 10.8. The summed E-state index contributed by atoms with van der Waals surface area (Å²) in [4.78, 5) is 28.3. The molecule has 1 aliphatic heterocycles. The van der Waals surface area contributed by atoms with E-state index in [-0.39, 0.29) is 29.5 Å². The van der Waals surface area contributed by atoms with Crippen LogP contribution in [0.15, 0.2) is 23.1 Å². The maximum atomic E-state index is 13.5. The summed E-state index contributed by atoms with van der Waals surface area (Å²) in [7, 11) is -4.00. The lowest BCUT2D eigenvalue weighted by molar-refractivity contribution is -0.120. The number of piperidine rings is 1. The summed E-state index contributed by atoms with van der Waals surface area (Å²) in [5.74, 6) is -1.36. The second-order valence-corrected chi connectivity index (χ2v) is 10.2. The minimum absolute atomic E-state index is 0.0335. The number of anilines is 1.